The Bertz CT molecular complexity index is 555. The molecule has 2 rings (SSSR count). The van der Waals surface area contributed by atoms with Crippen LogP contribution < -0.4 is 9.46 Å². The highest BCUT2D eigenvalue weighted by Gasteiger charge is 2.22. The molecule has 1 aliphatic carbocycles. The summed E-state index contributed by atoms with van der Waals surface area (Å²) < 4.78 is 32.0. The molecular formula is C15H23NO4S. The second-order valence-electron chi connectivity index (χ2n) is 5.56. The van der Waals surface area contributed by atoms with E-state index in [0.717, 1.165) is 17.9 Å². The van der Waals surface area contributed by atoms with Crippen molar-refractivity contribution in [2.24, 2.45) is 5.92 Å². The van der Waals surface area contributed by atoms with Gasteiger partial charge in [-0.05, 0) is 49.8 Å². The van der Waals surface area contributed by atoms with E-state index in [1.54, 1.807) is 6.92 Å². The Morgan fingerprint density at radius 3 is 2.86 bits per heavy atom. The Hall–Kier alpha value is -1.11. The van der Waals surface area contributed by atoms with Crippen molar-refractivity contribution in [3.8, 4) is 5.75 Å². The number of sulfonamides is 1. The third-order valence-electron chi connectivity index (χ3n) is 3.47. The summed E-state index contributed by atoms with van der Waals surface area (Å²) in [5, 5.41) is 8.72. The second-order valence-corrected chi connectivity index (χ2v) is 7.44. The van der Waals surface area contributed by atoms with Crippen LogP contribution in [0.2, 0.25) is 0 Å². The minimum atomic E-state index is -3.37. The standard InChI is InChI=1S/C15H23NO4S/c1-12(16-21(18,19)9-3-8-17)14-4-2-5-15(10-14)20-11-13-6-7-13/h2,4-5,10,12-13,16-17H,3,6-9,11H2,1H3/t12-/m1/s1. The van der Waals surface area contributed by atoms with Crippen molar-refractivity contribution in [2.75, 3.05) is 19.0 Å². The molecule has 1 aromatic rings. The third kappa shape index (κ3) is 5.65. The van der Waals surface area contributed by atoms with Gasteiger partial charge in [0.2, 0.25) is 10.0 Å². The number of nitrogens with one attached hydrogen (secondary N) is 1. The van der Waals surface area contributed by atoms with Crippen LogP contribution in [0.25, 0.3) is 0 Å². The van der Waals surface area contributed by atoms with E-state index in [1.807, 2.05) is 24.3 Å². The molecule has 5 nitrogen and oxygen atoms in total. The summed E-state index contributed by atoms with van der Waals surface area (Å²) >= 11 is 0. The van der Waals surface area contributed by atoms with E-state index in [1.165, 1.54) is 12.8 Å². The highest BCUT2D eigenvalue weighted by Crippen LogP contribution is 2.30. The predicted molar refractivity (Wildman–Crippen MR) is 81.7 cm³/mol. The molecule has 118 valence electrons. The van der Waals surface area contributed by atoms with Crippen LogP contribution in [0.3, 0.4) is 0 Å². The smallest absolute Gasteiger partial charge is 0.212 e. The summed E-state index contributed by atoms with van der Waals surface area (Å²) in [5.41, 5.74) is 0.871. The van der Waals surface area contributed by atoms with E-state index in [9.17, 15) is 8.42 Å². The fraction of sp³-hybridized carbons (Fsp3) is 0.600. The summed E-state index contributed by atoms with van der Waals surface area (Å²) in [7, 11) is -3.37. The van der Waals surface area contributed by atoms with Crippen molar-refractivity contribution in [2.45, 2.75) is 32.2 Å². The van der Waals surface area contributed by atoms with Crippen LogP contribution in [0.15, 0.2) is 24.3 Å². The Morgan fingerprint density at radius 2 is 2.19 bits per heavy atom. The van der Waals surface area contributed by atoms with Crippen LogP contribution >= 0.6 is 0 Å². The zero-order valence-corrected chi connectivity index (χ0v) is 13.1. The maximum atomic E-state index is 11.8. The number of aliphatic hydroxyl groups is 1. The average molecular weight is 313 g/mol. The first-order valence-corrected chi connectivity index (χ1v) is 8.99. The third-order valence-corrected chi connectivity index (χ3v) is 5.01. The van der Waals surface area contributed by atoms with Gasteiger partial charge >= 0.3 is 0 Å². The summed E-state index contributed by atoms with van der Waals surface area (Å²) in [5.74, 6) is 1.40. The van der Waals surface area contributed by atoms with Crippen LogP contribution in [0, 0.1) is 5.92 Å². The van der Waals surface area contributed by atoms with Gasteiger partial charge in [0.1, 0.15) is 5.75 Å². The van der Waals surface area contributed by atoms with Gasteiger partial charge in [-0.25, -0.2) is 13.1 Å². The highest BCUT2D eigenvalue weighted by molar-refractivity contribution is 7.89. The van der Waals surface area contributed by atoms with Crippen molar-refractivity contribution in [1.29, 1.82) is 0 Å². The van der Waals surface area contributed by atoms with Crippen molar-refractivity contribution in [3.63, 3.8) is 0 Å². The van der Waals surface area contributed by atoms with E-state index in [2.05, 4.69) is 4.72 Å². The van der Waals surface area contributed by atoms with E-state index in [4.69, 9.17) is 9.84 Å². The molecule has 0 amide bonds. The van der Waals surface area contributed by atoms with Gasteiger partial charge in [-0.2, -0.15) is 0 Å². The first-order valence-electron chi connectivity index (χ1n) is 7.34. The van der Waals surface area contributed by atoms with E-state index in [0.29, 0.717) is 5.92 Å². The van der Waals surface area contributed by atoms with Crippen LogP contribution in [0.4, 0.5) is 0 Å². The molecule has 0 aromatic heterocycles. The zero-order chi connectivity index (χ0) is 15.3. The lowest BCUT2D eigenvalue weighted by atomic mass is 10.1. The lowest BCUT2D eigenvalue weighted by molar-refractivity contribution is 0.295. The summed E-state index contributed by atoms with van der Waals surface area (Å²) in [6.07, 6.45) is 2.72. The Kier molecular flexibility index (Phi) is 5.61. The van der Waals surface area contributed by atoms with Crippen LogP contribution in [-0.2, 0) is 10.0 Å². The summed E-state index contributed by atoms with van der Waals surface area (Å²) in [6.45, 7) is 2.41. The van der Waals surface area contributed by atoms with Crippen molar-refractivity contribution >= 4 is 10.0 Å². The number of benzene rings is 1. The summed E-state index contributed by atoms with van der Waals surface area (Å²) in [4.78, 5) is 0. The molecule has 0 radical (unpaired) electrons. The van der Waals surface area contributed by atoms with Gasteiger partial charge in [-0.3, -0.25) is 0 Å². The van der Waals surface area contributed by atoms with Gasteiger partial charge in [-0.15, -0.1) is 0 Å². The van der Waals surface area contributed by atoms with Gasteiger partial charge in [-0.1, -0.05) is 12.1 Å². The zero-order valence-electron chi connectivity index (χ0n) is 12.3. The number of rotatable bonds is 9. The molecule has 6 heteroatoms. The van der Waals surface area contributed by atoms with Gasteiger partial charge in [0.05, 0.1) is 12.4 Å². The predicted octanol–water partition coefficient (Wildman–Crippen LogP) is 1.84. The number of hydrogen-bond donors (Lipinski definition) is 2. The molecule has 1 atom stereocenters. The van der Waals surface area contributed by atoms with Gasteiger partial charge in [0, 0.05) is 12.6 Å². The monoisotopic (exact) mass is 313 g/mol. The molecular weight excluding hydrogens is 290 g/mol. The van der Waals surface area contributed by atoms with Crippen molar-refractivity contribution in [1.82, 2.24) is 4.72 Å². The molecule has 1 fully saturated rings. The number of hydrogen-bond acceptors (Lipinski definition) is 4. The Balaban J connectivity index is 1.94. The second kappa shape index (κ2) is 7.24. The van der Waals surface area contributed by atoms with Crippen molar-refractivity contribution < 1.29 is 18.3 Å². The fourth-order valence-corrected chi connectivity index (χ4v) is 3.32. The molecule has 2 N–H and O–H groups in total. The van der Waals surface area contributed by atoms with E-state index < -0.39 is 10.0 Å². The quantitative estimate of drug-likeness (QED) is 0.729. The van der Waals surface area contributed by atoms with Crippen molar-refractivity contribution in [3.05, 3.63) is 29.8 Å². The lowest BCUT2D eigenvalue weighted by Crippen LogP contribution is -2.29. The minimum absolute atomic E-state index is 0.0638. The van der Waals surface area contributed by atoms with Gasteiger partial charge in [0.25, 0.3) is 0 Å². The van der Waals surface area contributed by atoms with Crippen LogP contribution in [0.5, 0.6) is 5.75 Å². The first-order chi connectivity index (χ1) is 10.00. The van der Waals surface area contributed by atoms with Gasteiger partial charge < -0.3 is 9.84 Å². The maximum absolute atomic E-state index is 11.8. The largest absolute Gasteiger partial charge is 0.493 e. The van der Waals surface area contributed by atoms with Crippen LogP contribution in [0.1, 0.15) is 37.8 Å². The Labute approximate surface area is 126 Å². The molecule has 0 aliphatic heterocycles. The van der Waals surface area contributed by atoms with E-state index in [-0.39, 0.29) is 24.8 Å². The molecule has 1 aromatic carbocycles. The molecule has 0 bridgehead atoms. The van der Waals surface area contributed by atoms with E-state index >= 15 is 0 Å². The molecule has 0 saturated heterocycles. The fourth-order valence-electron chi connectivity index (χ4n) is 2.02. The topological polar surface area (TPSA) is 75.6 Å². The molecule has 1 saturated carbocycles. The SMILES string of the molecule is C[C@@H](NS(=O)(=O)CCCO)c1cccc(OCC2CC2)c1. The molecule has 0 spiro atoms. The summed E-state index contributed by atoms with van der Waals surface area (Å²) in [6, 6.07) is 7.19. The molecule has 1 aliphatic rings. The number of aliphatic hydroxyl groups excluding tert-OH is 1. The lowest BCUT2D eigenvalue weighted by Gasteiger charge is -2.15. The normalized spacial score (nSPS) is 16.7. The first kappa shape index (κ1) is 16.3. The molecule has 21 heavy (non-hydrogen) atoms. The minimum Gasteiger partial charge on any atom is -0.493 e. The highest BCUT2D eigenvalue weighted by atomic mass is 32.2. The number of ether oxygens (including phenoxy) is 1. The molecule has 0 heterocycles. The average Bonchev–Trinajstić information content (AvgIpc) is 3.27. The van der Waals surface area contributed by atoms with Gasteiger partial charge in [0.15, 0.2) is 0 Å². The molecule has 0 unspecified atom stereocenters. The Morgan fingerprint density at radius 1 is 1.43 bits per heavy atom. The van der Waals surface area contributed by atoms with Crippen LogP contribution in [-0.4, -0.2) is 32.5 Å². The maximum Gasteiger partial charge on any atom is 0.212 e.